The number of carboxylic acids is 1. The third-order valence-electron chi connectivity index (χ3n) is 2.99. The number of benzene rings is 1. The molecule has 1 rings (SSSR count). The Morgan fingerprint density at radius 1 is 1.47 bits per heavy atom. The molecule has 0 aliphatic carbocycles. The van der Waals surface area contributed by atoms with Gasteiger partial charge in [0.25, 0.3) is 0 Å². The third-order valence-corrected chi connectivity index (χ3v) is 2.99. The van der Waals surface area contributed by atoms with E-state index in [1.165, 1.54) is 12.1 Å². The Labute approximate surface area is 113 Å². The summed E-state index contributed by atoms with van der Waals surface area (Å²) in [6.07, 6.45) is 2.23. The van der Waals surface area contributed by atoms with Crippen molar-refractivity contribution in [3.8, 4) is 0 Å². The first-order valence-electron chi connectivity index (χ1n) is 6.37. The smallest absolute Gasteiger partial charge is 0.328 e. The average molecular weight is 265 g/mol. The van der Waals surface area contributed by atoms with Crippen molar-refractivity contribution in [2.24, 2.45) is 0 Å². The summed E-state index contributed by atoms with van der Waals surface area (Å²) in [5.41, 5.74) is 1.28. The van der Waals surface area contributed by atoms with Crippen molar-refractivity contribution >= 4 is 12.0 Å². The van der Waals surface area contributed by atoms with E-state index >= 15 is 0 Å². The summed E-state index contributed by atoms with van der Waals surface area (Å²) in [6, 6.07) is 5.22. The maximum atomic E-state index is 13.5. The second-order valence-corrected chi connectivity index (χ2v) is 4.68. The highest BCUT2D eigenvalue weighted by molar-refractivity contribution is 5.85. The lowest BCUT2D eigenvalue weighted by Crippen LogP contribution is -2.29. The Kier molecular flexibility index (Phi) is 5.70. The van der Waals surface area contributed by atoms with Gasteiger partial charge in [-0.15, -0.1) is 0 Å². The van der Waals surface area contributed by atoms with Crippen LogP contribution in [0.3, 0.4) is 0 Å². The maximum absolute atomic E-state index is 13.5. The van der Waals surface area contributed by atoms with Crippen LogP contribution in [0, 0.1) is 5.82 Å². The van der Waals surface area contributed by atoms with E-state index in [0.29, 0.717) is 11.6 Å². The molecule has 0 aliphatic heterocycles. The van der Waals surface area contributed by atoms with Gasteiger partial charge in [0.15, 0.2) is 0 Å². The lowest BCUT2D eigenvalue weighted by molar-refractivity contribution is -0.131. The highest BCUT2D eigenvalue weighted by Crippen LogP contribution is 2.15. The van der Waals surface area contributed by atoms with Crippen molar-refractivity contribution in [2.75, 3.05) is 6.54 Å². The van der Waals surface area contributed by atoms with Crippen LogP contribution in [0.1, 0.15) is 31.9 Å². The first-order chi connectivity index (χ1) is 8.93. The highest BCUT2D eigenvalue weighted by atomic mass is 19.1. The molecule has 0 aromatic heterocycles. The summed E-state index contributed by atoms with van der Waals surface area (Å²) in [6.45, 7) is 7.93. The Morgan fingerprint density at radius 3 is 2.68 bits per heavy atom. The highest BCUT2D eigenvalue weighted by Gasteiger charge is 2.09. The molecule has 0 saturated heterocycles. The van der Waals surface area contributed by atoms with E-state index in [-0.39, 0.29) is 0 Å². The van der Waals surface area contributed by atoms with Gasteiger partial charge >= 0.3 is 5.97 Å². The first-order valence-corrected chi connectivity index (χ1v) is 6.37. The van der Waals surface area contributed by atoms with Crippen molar-refractivity contribution in [3.05, 3.63) is 41.2 Å². The van der Waals surface area contributed by atoms with E-state index in [0.717, 1.165) is 24.7 Å². The fourth-order valence-corrected chi connectivity index (χ4v) is 1.87. The second-order valence-electron chi connectivity index (χ2n) is 4.68. The lowest BCUT2D eigenvalue weighted by Gasteiger charge is -2.24. The van der Waals surface area contributed by atoms with E-state index in [1.807, 2.05) is 0 Å². The molecule has 3 nitrogen and oxygen atoms in total. The second kappa shape index (κ2) is 7.04. The van der Waals surface area contributed by atoms with E-state index in [4.69, 9.17) is 5.11 Å². The van der Waals surface area contributed by atoms with Crippen LogP contribution in [0.15, 0.2) is 24.3 Å². The van der Waals surface area contributed by atoms with E-state index in [2.05, 4.69) is 25.7 Å². The number of hydrogen-bond donors (Lipinski definition) is 1. The molecule has 19 heavy (non-hydrogen) atoms. The van der Waals surface area contributed by atoms with Crippen LogP contribution in [0.5, 0.6) is 0 Å². The number of halogens is 1. The molecule has 1 aromatic rings. The number of aliphatic carboxylic acids is 1. The van der Waals surface area contributed by atoms with Gasteiger partial charge in [0, 0.05) is 24.2 Å². The van der Waals surface area contributed by atoms with Gasteiger partial charge in [0.1, 0.15) is 5.82 Å². The fraction of sp³-hybridized carbons (Fsp3) is 0.400. The van der Waals surface area contributed by atoms with Crippen molar-refractivity contribution in [1.82, 2.24) is 4.90 Å². The zero-order valence-corrected chi connectivity index (χ0v) is 11.6. The number of carboxylic acid groups (broad SMARTS) is 1. The molecule has 0 atom stereocenters. The Hall–Kier alpha value is -1.68. The minimum atomic E-state index is -1.08. The lowest BCUT2D eigenvalue weighted by atomic mass is 10.1. The molecule has 0 fully saturated rings. The minimum absolute atomic E-state index is 0.305. The molecule has 0 heterocycles. The predicted molar refractivity (Wildman–Crippen MR) is 74.3 cm³/mol. The van der Waals surface area contributed by atoms with Crippen LogP contribution in [0.2, 0.25) is 0 Å². The predicted octanol–water partition coefficient (Wildman–Crippen LogP) is 3.15. The number of hydrogen-bond acceptors (Lipinski definition) is 2. The van der Waals surface area contributed by atoms with Crippen molar-refractivity contribution < 1.29 is 14.3 Å². The van der Waals surface area contributed by atoms with Crippen LogP contribution in [-0.4, -0.2) is 28.6 Å². The van der Waals surface area contributed by atoms with Gasteiger partial charge in [0.05, 0.1) is 0 Å². The number of carbonyl (C=O) groups is 1. The Bertz CT molecular complexity index is 469. The zero-order valence-electron chi connectivity index (χ0n) is 11.6. The molecule has 0 aliphatic rings. The summed E-state index contributed by atoms with van der Waals surface area (Å²) < 4.78 is 13.5. The summed E-state index contributed by atoms with van der Waals surface area (Å²) in [5, 5.41) is 8.57. The third kappa shape index (κ3) is 4.83. The molecular formula is C15H20FNO2. The standard InChI is InChI=1S/C15H20FNO2/c1-4-17(11(2)3)10-12-5-7-14(16)13(9-12)6-8-15(18)19/h5-9,11H,4,10H2,1-3H3,(H,18,19). The molecular weight excluding hydrogens is 245 g/mol. The van der Waals surface area contributed by atoms with Gasteiger partial charge in [-0.1, -0.05) is 13.0 Å². The number of nitrogens with zero attached hydrogens (tertiary/aromatic N) is 1. The van der Waals surface area contributed by atoms with Crippen LogP contribution in [0.25, 0.3) is 6.08 Å². The molecule has 0 spiro atoms. The Balaban J connectivity index is 2.92. The van der Waals surface area contributed by atoms with Gasteiger partial charge in [0.2, 0.25) is 0 Å². The van der Waals surface area contributed by atoms with Gasteiger partial charge in [-0.25, -0.2) is 9.18 Å². The summed E-state index contributed by atoms with van der Waals surface area (Å²) >= 11 is 0. The van der Waals surface area contributed by atoms with Gasteiger partial charge in [-0.05, 0) is 44.2 Å². The van der Waals surface area contributed by atoms with Crippen LogP contribution >= 0.6 is 0 Å². The molecule has 0 amide bonds. The van der Waals surface area contributed by atoms with Crippen LogP contribution in [0.4, 0.5) is 4.39 Å². The molecule has 1 N–H and O–H groups in total. The van der Waals surface area contributed by atoms with Crippen LogP contribution in [-0.2, 0) is 11.3 Å². The topological polar surface area (TPSA) is 40.5 Å². The van der Waals surface area contributed by atoms with E-state index in [9.17, 15) is 9.18 Å². The average Bonchev–Trinajstić information content (AvgIpc) is 2.35. The van der Waals surface area contributed by atoms with Gasteiger partial charge in [-0.3, -0.25) is 4.90 Å². The summed E-state index contributed by atoms with van der Waals surface area (Å²) in [7, 11) is 0. The molecule has 0 bridgehead atoms. The van der Waals surface area contributed by atoms with Crippen molar-refractivity contribution in [2.45, 2.75) is 33.4 Å². The summed E-state index contributed by atoms with van der Waals surface area (Å²) in [4.78, 5) is 12.7. The summed E-state index contributed by atoms with van der Waals surface area (Å²) in [5.74, 6) is -1.49. The van der Waals surface area contributed by atoms with Crippen molar-refractivity contribution in [3.63, 3.8) is 0 Å². The SMILES string of the molecule is CCN(Cc1ccc(F)c(C=CC(=O)O)c1)C(C)C. The molecule has 1 aromatic carbocycles. The molecule has 4 heteroatoms. The fourth-order valence-electron chi connectivity index (χ4n) is 1.87. The quantitative estimate of drug-likeness (QED) is 0.803. The normalized spacial score (nSPS) is 11.7. The zero-order chi connectivity index (χ0) is 14.4. The maximum Gasteiger partial charge on any atom is 0.328 e. The van der Waals surface area contributed by atoms with Crippen LogP contribution < -0.4 is 0 Å². The van der Waals surface area contributed by atoms with E-state index < -0.39 is 11.8 Å². The molecule has 104 valence electrons. The molecule has 0 unspecified atom stereocenters. The largest absolute Gasteiger partial charge is 0.478 e. The Morgan fingerprint density at radius 2 is 2.16 bits per heavy atom. The van der Waals surface area contributed by atoms with E-state index in [1.54, 1.807) is 12.1 Å². The van der Waals surface area contributed by atoms with Crippen molar-refractivity contribution in [1.29, 1.82) is 0 Å². The molecule has 0 radical (unpaired) electrons. The van der Waals surface area contributed by atoms with Gasteiger partial charge < -0.3 is 5.11 Å². The number of rotatable bonds is 6. The monoisotopic (exact) mass is 265 g/mol. The van der Waals surface area contributed by atoms with Gasteiger partial charge in [-0.2, -0.15) is 0 Å². The molecule has 0 saturated carbocycles. The minimum Gasteiger partial charge on any atom is -0.478 e. The first kappa shape index (κ1) is 15.4.